The van der Waals surface area contributed by atoms with Gasteiger partial charge in [-0.25, -0.2) is 4.79 Å². The van der Waals surface area contributed by atoms with Gasteiger partial charge in [-0.3, -0.25) is 9.59 Å². The fourth-order valence-corrected chi connectivity index (χ4v) is 5.01. The maximum absolute atomic E-state index is 12.8. The molecule has 2 aromatic rings. The lowest BCUT2D eigenvalue weighted by molar-refractivity contribution is -0.116. The predicted molar refractivity (Wildman–Crippen MR) is 119 cm³/mol. The van der Waals surface area contributed by atoms with Crippen LogP contribution < -0.4 is 10.6 Å². The zero-order valence-corrected chi connectivity index (χ0v) is 18.7. The molecule has 0 aliphatic heterocycles. The van der Waals surface area contributed by atoms with Crippen LogP contribution in [-0.4, -0.2) is 23.9 Å². The second-order valence-electron chi connectivity index (χ2n) is 8.11. The predicted octanol–water partition coefficient (Wildman–Crippen LogP) is 4.58. The second-order valence-corrected chi connectivity index (χ2v) is 9.22. The van der Waals surface area contributed by atoms with Gasteiger partial charge in [0.15, 0.2) is 0 Å². The van der Waals surface area contributed by atoms with E-state index in [9.17, 15) is 14.4 Å². The molecule has 1 unspecified atom stereocenters. The van der Waals surface area contributed by atoms with Crippen molar-refractivity contribution in [1.82, 2.24) is 0 Å². The third kappa shape index (κ3) is 5.48. The van der Waals surface area contributed by atoms with Crippen molar-refractivity contribution < 1.29 is 19.1 Å². The molecule has 0 spiro atoms. The Kier molecular flexibility index (Phi) is 6.92. The first kappa shape index (κ1) is 22.0. The normalized spacial score (nSPS) is 15.4. The first-order valence-corrected chi connectivity index (χ1v) is 11.1. The molecule has 2 amide bonds. The largest absolute Gasteiger partial charge is 0.459 e. The molecule has 6 nitrogen and oxygen atoms in total. The van der Waals surface area contributed by atoms with Gasteiger partial charge in [-0.05, 0) is 62.3 Å². The lowest BCUT2D eigenvalue weighted by Crippen LogP contribution is -2.19. The molecule has 1 aromatic heterocycles. The van der Waals surface area contributed by atoms with Gasteiger partial charge in [-0.1, -0.05) is 19.1 Å². The minimum absolute atomic E-state index is 0.141. The minimum Gasteiger partial charge on any atom is -0.459 e. The molecule has 1 heterocycles. The highest BCUT2D eigenvalue weighted by atomic mass is 32.1. The summed E-state index contributed by atoms with van der Waals surface area (Å²) in [7, 11) is 0. The number of hydrogen-bond acceptors (Lipinski definition) is 5. The lowest BCUT2D eigenvalue weighted by atomic mass is 9.88. The molecule has 3 rings (SSSR count). The number of carbonyl (C=O) groups is 3. The van der Waals surface area contributed by atoms with Crippen molar-refractivity contribution in [3.8, 4) is 0 Å². The molecule has 160 valence electrons. The van der Waals surface area contributed by atoms with Crippen LogP contribution in [0.5, 0.6) is 0 Å². The maximum Gasteiger partial charge on any atom is 0.341 e. The number of ether oxygens (including phenoxy) is 1. The first-order chi connectivity index (χ1) is 14.2. The average Bonchev–Trinajstić information content (AvgIpc) is 2.99. The number of thiophene rings is 1. The molecule has 30 heavy (non-hydrogen) atoms. The summed E-state index contributed by atoms with van der Waals surface area (Å²) in [4.78, 5) is 37.7. The maximum atomic E-state index is 12.8. The van der Waals surface area contributed by atoms with E-state index in [0.29, 0.717) is 22.2 Å². The van der Waals surface area contributed by atoms with Crippen LogP contribution in [-0.2, 0) is 33.6 Å². The topological polar surface area (TPSA) is 84.5 Å². The zero-order chi connectivity index (χ0) is 21.8. The van der Waals surface area contributed by atoms with Crippen molar-refractivity contribution in [1.29, 1.82) is 0 Å². The van der Waals surface area contributed by atoms with Crippen LogP contribution in [0.2, 0.25) is 0 Å². The Morgan fingerprint density at radius 1 is 1.17 bits per heavy atom. The van der Waals surface area contributed by atoms with Crippen molar-refractivity contribution in [2.45, 2.75) is 59.5 Å². The van der Waals surface area contributed by atoms with E-state index in [1.807, 2.05) is 13.8 Å². The van der Waals surface area contributed by atoms with E-state index in [0.717, 1.165) is 30.4 Å². The van der Waals surface area contributed by atoms with Gasteiger partial charge in [0.1, 0.15) is 5.00 Å². The smallest absolute Gasteiger partial charge is 0.341 e. The Balaban J connectivity index is 1.77. The summed E-state index contributed by atoms with van der Waals surface area (Å²) < 4.78 is 5.45. The van der Waals surface area contributed by atoms with E-state index < -0.39 is 0 Å². The number of amides is 2. The van der Waals surface area contributed by atoms with Crippen LogP contribution >= 0.6 is 11.3 Å². The summed E-state index contributed by atoms with van der Waals surface area (Å²) in [5.41, 5.74) is 3.05. The van der Waals surface area contributed by atoms with Crippen LogP contribution in [0.3, 0.4) is 0 Å². The Morgan fingerprint density at radius 3 is 2.50 bits per heavy atom. The van der Waals surface area contributed by atoms with Gasteiger partial charge in [0.2, 0.25) is 11.8 Å². The van der Waals surface area contributed by atoms with Crippen molar-refractivity contribution in [3.05, 3.63) is 45.8 Å². The molecule has 1 atom stereocenters. The lowest BCUT2D eigenvalue weighted by Gasteiger charge is -2.18. The van der Waals surface area contributed by atoms with Crippen molar-refractivity contribution >= 4 is 39.8 Å². The van der Waals surface area contributed by atoms with Crippen LogP contribution in [0.4, 0.5) is 10.7 Å². The van der Waals surface area contributed by atoms with E-state index in [-0.39, 0.29) is 30.3 Å². The van der Waals surface area contributed by atoms with E-state index >= 15 is 0 Å². The standard InChI is InChI=1S/C23H28N2O4S/c1-13(2)29-23(28)21-18-10-5-14(3)11-19(18)30-22(21)25-20(27)12-16-6-8-17(9-7-16)24-15(4)26/h6-9,13-14H,5,10-12H2,1-4H3,(H,24,26)(H,25,27). The van der Waals surface area contributed by atoms with E-state index in [1.54, 1.807) is 24.3 Å². The number of nitrogens with one attached hydrogen (secondary N) is 2. The van der Waals surface area contributed by atoms with E-state index in [2.05, 4.69) is 17.6 Å². The second kappa shape index (κ2) is 9.43. The highest BCUT2D eigenvalue weighted by Gasteiger charge is 2.29. The number of esters is 1. The molecule has 2 N–H and O–H groups in total. The van der Waals surface area contributed by atoms with Gasteiger partial charge in [-0.2, -0.15) is 0 Å². The summed E-state index contributed by atoms with van der Waals surface area (Å²) in [6, 6.07) is 7.14. The number of anilines is 2. The highest BCUT2D eigenvalue weighted by Crippen LogP contribution is 2.40. The molecule has 1 aromatic carbocycles. The summed E-state index contributed by atoms with van der Waals surface area (Å²) in [6.45, 7) is 7.30. The third-order valence-electron chi connectivity index (χ3n) is 4.95. The van der Waals surface area contributed by atoms with E-state index in [4.69, 9.17) is 4.74 Å². The van der Waals surface area contributed by atoms with E-state index in [1.165, 1.54) is 23.1 Å². The fourth-order valence-electron chi connectivity index (χ4n) is 3.59. The van der Waals surface area contributed by atoms with Crippen molar-refractivity contribution in [2.75, 3.05) is 10.6 Å². The Hall–Kier alpha value is -2.67. The monoisotopic (exact) mass is 428 g/mol. The quantitative estimate of drug-likeness (QED) is 0.660. The molecule has 0 saturated carbocycles. The number of carbonyl (C=O) groups excluding carboxylic acids is 3. The Labute approximate surface area is 181 Å². The van der Waals surface area contributed by atoms with Gasteiger partial charge in [-0.15, -0.1) is 11.3 Å². The molecule has 0 fully saturated rings. The number of rotatable bonds is 6. The molecule has 0 bridgehead atoms. The van der Waals surface area contributed by atoms with Gasteiger partial charge >= 0.3 is 5.97 Å². The molecule has 1 aliphatic rings. The first-order valence-electron chi connectivity index (χ1n) is 10.2. The Morgan fingerprint density at radius 2 is 1.87 bits per heavy atom. The summed E-state index contributed by atoms with van der Waals surface area (Å²) >= 11 is 1.49. The third-order valence-corrected chi connectivity index (χ3v) is 6.12. The summed E-state index contributed by atoms with van der Waals surface area (Å²) in [6.07, 6.45) is 2.73. The van der Waals surface area contributed by atoms with Gasteiger partial charge < -0.3 is 15.4 Å². The van der Waals surface area contributed by atoms with Gasteiger partial charge in [0, 0.05) is 17.5 Å². The van der Waals surface area contributed by atoms with Gasteiger partial charge in [0.25, 0.3) is 0 Å². The fraction of sp³-hybridized carbons (Fsp3) is 0.435. The minimum atomic E-state index is -0.369. The number of benzene rings is 1. The number of hydrogen-bond donors (Lipinski definition) is 2. The van der Waals surface area contributed by atoms with Crippen LogP contribution in [0.25, 0.3) is 0 Å². The molecular weight excluding hydrogens is 400 g/mol. The van der Waals surface area contributed by atoms with Crippen LogP contribution in [0.15, 0.2) is 24.3 Å². The average molecular weight is 429 g/mol. The Bertz CT molecular complexity index is 947. The zero-order valence-electron chi connectivity index (χ0n) is 17.8. The van der Waals surface area contributed by atoms with Gasteiger partial charge in [0.05, 0.1) is 18.1 Å². The molecule has 0 radical (unpaired) electrons. The number of fused-ring (bicyclic) bond motifs is 1. The molecule has 7 heteroatoms. The summed E-state index contributed by atoms with van der Waals surface area (Å²) in [5, 5.41) is 6.23. The highest BCUT2D eigenvalue weighted by molar-refractivity contribution is 7.17. The van der Waals surface area contributed by atoms with Crippen LogP contribution in [0, 0.1) is 5.92 Å². The summed E-state index contributed by atoms with van der Waals surface area (Å²) in [5.74, 6) is -0.132. The van der Waals surface area contributed by atoms with Crippen molar-refractivity contribution in [2.24, 2.45) is 5.92 Å². The molecular formula is C23H28N2O4S. The molecule has 1 aliphatic carbocycles. The van der Waals surface area contributed by atoms with Crippen molar-refractivity contribution in [3.63, 3.8) is 0 Å². The SMILES string of the molecule is CC(=O)Nc1ccc(CC(=O)Nc2sc3c(c2C(=O)OC(C)C)CCC(C)C3)cc1. The molecule has 0 saturated heterocycles. The van der Waals surface area contributed by atoms with Crippen LogP contribution in [0.1, 0.15) is 60.5 Å².